The van der Waals surface area contributed by atoms with E-state index < -0.39 is 5.60 Å². The van der Waals surface area contributed by atoms with Gasteiger partial charge in [0.05, 0.1) is 5.60 Å². The van der Waals surface area contributed by atoms with Crippen LogP contribution in [0.5, 0.6) is 0 Å². The third kappa shape index (κ3) is 4.75. The van der Waals surface area contributed by atoms with Gasteiger partial charge in [0, 0.05) is 18.3 Å². The number of aliphatic hydroxyl groups is 1. The number of nitrogen functional groups attached to an aromatic ring is 1. The van der Waals surface area contributed by atoms with Crippen LogP contribution in [0.15, 0.2) is 24.3 Å². The van der Waals surface area contributed by atoms with Crippen molar-refractivity contribution in [2.45, 2.75) is 38.8 Å². The third-order valence-electron chi connectivity index (χ3n) is 3.13. The number of anilines is 1. The Balaban J connectivity index is 2.60. The molecule has 0 aliphatic rings. The zero-order valence-electron chi connectivity index (χ0n) is 11.3. The molecule has 1 unspecified atom stereocenters. The van der Waals surface area contributed by atoms with Gasteiger partial charge < -0.3 is 10.8 Å². The molecule has 0 aliphatic heterocycles. The summed E-state index contributed by atoms with van der Waals surface area (Å²) in [5.41, 5.74) is 7.18. The third-order valence-corrected chi connectivity index (χ3v) is 3.13. The molecule has 0 saturated heterocycles. The SMILES string of the molecule is CC(c1cccc(N)c1)N(C)CCC(C)(C)O. The maximum atomic E-state index is 9.72. The molecular weight excluding hydrogens is 212 g/mol. The second-order valence-corrected chi connectivity index (χ2v) is 5.39. The summed E-state index contributed by atoms with van der Waals surface area (Å²) >= 11 is 0. The molecule has 1 aromatic rings. The van der Waals surface area contributed by atoms with Crippen LogP contribution in [0.1, 0.15) is 38.8 Å². The van der Waals surface area contributed by atoms with Crippen molar-refractivity contribution in [1.82, 2.24) is 4.90 Å². The minimum atomic E-state index is -0.607. The molecule has 96 valence electrons. The summed E-state index contributed by atoms with van der Waals surface area (Å²) in [7, 11) is 2.07. The first-order valence-electron chi connectivity index (χ1n) is 6.07. The highest BCUT2D eigenvalue weighted by Crippen LogP contribution is 2.21. The van der Waals surface area contributed by atoms with E-state index in [0.717, 1.165) is 18.7 Å². The lowest BCUT2D eigenvalue weighted by Gasteiger charge is -2.28. The number of hydrogen-bond donors (Lipinski definition) is 2. The molecule has 0 amide bonds. The topological polar surface area (TPSA) is 49.5 Å². The van der Waals surface area contributed by atoms with E-state index in [9.17, 15) is 5.11 Å². The Morgan fingerprint density at radius 2 is 2.06 bits per heavy atom. The molecule has 1 rings (SSSR count). The summed E-state index contributed by atoms with van der Waals surface area (Å²) < 4.78 is 0. The second kappa shape index (κ2) is 5.52. The summed E-state index contributed by atoms with van der Waals surface area (Å²) in [5, 5.41) is 9.72. The van der Waals surface area contributed by atoms with Gasteiger partial charge in [-0.1, -0.05) is 12.1 Å². The summed E-state index contributed by atoms with van der Waals surface area (Å²) in [6, 6.07) is 8.27. The Labute approximate surface area is 104 Å². The van der Waals surface area contributed by atoms with Crippen LogP contribution >= 0.6 is 0 Å². The summed E-state index contributed by atoms with van der Waals surface area (Å²) in [4.78, 5) is 2.23. The Kier molecular flexibility index (Phi) is 4.54. The van der Waals surface area contributed by atoms with Crippen molar-refractivity contribution >= 4 is 5.69 Å². The average Bonchev–Trinajstić information content (AvgIpc) is 2.24. The minimum Gasteiger partial charge on any atom is -0.399 e. The molecule has 17 heavy (non-hydrogen) atoms. The van der Waals surface area contributed by atoms with Gasteiger partial charge in [-0.2, -0.15) is 0 Å². The van der Waals surface area contributed by atoms with Crippen LogP contribution in [0.25, 0.3) is 0 Å². The van der Waals surface area contributed by atoms with E-state index >= 15 is 0 Å². The molecule has 3 N–H and O–H groups in total. The van der Waals surface area contributed by atoms with E-state index in [1.165, 1.54) is 5.56 Å². The summed E-state index contributed by atoms with van der Waals surface area (Å²) in [5.74, 6) is 0. The molecule has 0 radical (unpaired) electrons. The van der Waals surface area contributed by atoms with E-state index in [-0.39, 0.29) is 0 Å². The molecule has 0 saturated carbocycles. The molecule has 0 spiro atoms. The molecule has 0 heterocycles. The molecule has 1 aromatic carbocycles. The van der Waals surface area contributed by atoms with E-state index in [4.69, 9.17) is 5.73 Å². The largest absolute Gasteiger partial charge is 0.399 e. The van der Waals surface area contributed by atoms with Gasteiger partial charge in [-0.25, -0.2) is 0 Å². The first-order valence-corrected chi connectivity index (χ1v) is 6.07. The Bertz CT molecular complexity index is 357. The number of rotatable bonds is 5. The maximum absolute atomic E-state index is 9.72. The Morgan fingerprint density at radius 3 is 2.59 bits per heavy atom. The first-order chi connectivity index (χ1) is 7.79. The standard InChI is InChI=1S/C14H24N2O/c1-11(12-6-5-7-13(15)10-12)16(4)9-8-14(2,3)17/h5-7,10-11,17H,8-9,15H2,1-4H3. The molecule has 1 atom stereocenters. The fourth-order valence-corrected chi connectivity index (χ4v) is 1.72. The molecule has 3 nitrogen and oxygen atoms in total. The van der Waals surface area contributed by atoms with Crippen molar-refractivity contribution in [2.24, 2.45) is 0 Å². The van der Waals surface area contributed by atoms with E-state index in [1.54, 1.807) is 0 Å². The van der Waals surface area contributed by atoms with E-state index in [1.807, 2.05) is 32.0 Å². The van der Waals surface area contributed by atoms with Crippen LogP contribution < -0.4 is 5.73 Å². The van der Waals surface area contributed by atoms with Gasteiger partial charge in [-0.05, 0) is 51.9 Å². The predicted molar refractivity (Wildman–Crippen MR) is 72.8 cm³/mol. The molecule has 0 fully saturated rings. The van der Waals surface area contributed by atoms with Crippen LogP contribution in [-0.2, 0) is 0 Å². The van der Waals surface area contributed by atoms with Crippen molar-refractivity contribution in [1.29, 1.82) is 0 Å². The molecule has 0 aliphatic carbocycles. The average molecular weight is 236 g/mol. The van der Waals surface area contributed by atoms with Crippen molar-refractivity contribution < 1.29 is 5.11 Å². The van der Waals surface area contributed by atoms with Crippen LogP contribution in [0.3, 0.4) is 0 Å². The Morgan fingerprint density at radius 1 is 1.41 bits per heavy atom. The lowest BCUT2D eigenvalue weighted by molar-refractivity contribution is 0.0565. The smallest absolute Gasteiger partial charge is 0.0603 e. The quantitative estimate of drug-likeness (QED) is 0.772. The van der Waals surface area contributed by atoms with Gasteiger partial charge in [-0.15, -0.1) is 0 Å². The van der Waals surface area contributed by atoms with Crippen molar-refractivity contribution in [3.05, 3.63) is 29.8 Å². The highest BCUT2D eigenvalue weighted by molar-refractivity contribution is 5.41. The van der Waals surface area contributed by atoms with Crippen molar-refractivity contribution in [2.75, 3.05) is 19.3 Å². The Hall–Kier alpha value is -1.06. The zero-order chi connectivity index (χ0) is 13.1. The highest BCUT2D eigenvalue weighted by Gasteiger charge is 2.17. The van der Waals surface area contributed by atoms with Crippen molar-refractivity contribution in [3.8, 4) is 0 Å². The summed E-state index contributed by atoms with van der Waals surface area (Å²) in [6.45, 7) is 6.69. The predicted octanol–water partition coefficient (Wildman–Crippen LogP) is 2.42. The normalized spacial score (nSPS) is 14.0. The van der Waals surface area contributed by atoms with Crippen molar-refractivity contribution in [3.63, 3.8) is 0 Å². The molecular formula is C14H24N2O. The summed E-state index contributed by atoms with van der Waals surface area (Å²) in [6.07, 6.45) is 0.760. The van der Waals surface area contributed by atoms with Gasteiger partial charge in [0.15, 0.2) is 0 Å². The monoisotopic (exact) mass is 236 g/mol. The van der Waals surface area contributed by atoms with Crippen LogP contribution in [-0.4, -0.2) is 29.2 Å². The number of nitrogens with two attached hydrogens (primary N) is 1. The molecule has 0 bridgehead atoms. The van der Waals surface area contributed by atoms with Gasteiger partial charge >= 0.3 is 0 Å². The molecule has 3 heteroatoms. The van der Waals surface area contributed by atoms with Crippen LogP contribution in [0.4, 0.5) is 5.69 Å². The fraction of sp³-hybridized carbons (Fsp3) is 0.571. The first kappa shape index (κ1) is 14.0. The second-order valence-electron chi connectivity index (χ2n) is 5.39. The van der Waals surface area contributed by atoms with E-state index in [2.05, 4.69) is 24.9 Å². The number of benzene rings is 1. The fourth-order valence-electron chi connectivity index (χ4n) is 1.72. The van der Waals surface area contributed by atoms with Gasteiger partial charge in [-0.3, -0.25) is 4.90 Å². The minimum absolute atomic E-state index is 0.306. The lowest BCUT2D eigenvalue weighted by atomic mass is 10.0. The van der Waals surface area contributed by atoms with Crippen LogP contribution in [0, 0.1) is 0 Å². The lowest BCUT2D eigenvalue weighted by Crippen LogP contribution is -2.30. The van der Waals surface area contributed by atoms with Gasteiger partial charge in [0.1, 0.15) is 0 Å². The van der Waals surface area contributed by atoms with Gasteiger partial charge in [0.25, 0.3) is 0 Å². The van der Waals surface area contributed by atoms with E-state index in [0.29, 0.717) is 6.04 Å². The van der Waals surface area contributed by atoms with Crippen LogP contribution in [0.2, 0.25) is 0 Å². The number of nitrogens with zero attached hydrogens (tertiary/aromatic N) is 1. The molecule has 0 aromatic heterocycles. The zero-order valence-corrected chi connectivity index (χ0v) is 11.3. The number of hydrogen-bond acceptors (Lipinski definition) is 3. The maximum Gasteiger partial charge on any atom is 0.0603 e. The van der Waals surface area contributed by atoms with Gasteiger partial charge in [0.2, 0.25) is 0 Å². The highest BCUT2D eigenvalue weighted by atomic mass is 16.3.